The number of hydrogen-bond donors (Lipinski definition) is 2. The molecule has 4 bridgehead atoms. The molecule has 0 radical (unpaired) electrons. The summed E-state index contributed by atoms with van der Waals surface area (Å²) in [6.45, 7) is 14.4. The van der Waals surface area contributed by atoms with Gasteiger partial charge in [-0.25, -0.2) is 0 Å². The Bertz CT molecular complexity index is 7650. The first kappa shape index (κ1) is 103. The molecule has 2 N–H and O–H groups in total. The number of nitrogens with zero attached hydrogens (tertiary/aromatic N) is 3. The second-order valence-electron chi connectivity index (χ2n) is 39.7. The molecule has 6 aliphatic rings. The molecular weight excluding hydrogens is 2020 g/mol. The lowest BCUT2D eigenvalue weighted by molar-refractivity contribution is 0.281. The SMILES string of the molecule is Brc1ccc(-c2ccc(Br)cc2)cc1.Brc1ccccc1.C.CC1=CC2c3c(-c4ccc(N(c5ccccc5)c5ccccc5)cc4)ccc(-c4ccc(N(c5ccccc5)c5ccc(-c6ccc(N(c7ccccc7)c7ccccc7)cc6)cc5)cc4)c3C1CC2C(C)C.CC1=CC2c3c(-c4ccc(Nc5ccccc5)cc4)ccc(-c4ccc(Nc5ccccc5)cc4)c3C1CC2C(C)C.c1ccc(Cc2ccccc2)cc1. The Hall–Kier alpha value is -15.7. The van der Waals surface area contributed by atoms with Gasteiger partial charge >= 0.3 is 0 Å². The third-order valence-electron chi connectivity index (χ3n) is 29.5. The molecule has 5 nitrogen and oxygen atoms in total. The molecule has 26 rings (SSSR count). The van der Waals surface area contributed by atoms with Crippen LogP contribution in [0.25, 0.3) is 66.8 Å². The predicted octanol–water partition coefficient (Wildman–Crippen LogP) is 42.5. The van der Waals surface area contributed by atoms with Gasteiger partial charge in [0.25, 0.3) is 0 Å². The summed E-state index contributed by atoms with van der Waals surface area (Å²) in [5, 5.41) is 7.07. The fraction of sp³-hybridized carbons (Fsp3) is 0.127. The molecule has 0 amide bonds. The number of fused-ring (bicyclic) bond motifs is 2. The predicted molar refractivity (Wildman–Crippen MR) is 652 cm³/mol. The maximum absolute atomic E-state index is 3.54. The van der Waals surface area contributed by atoms with Gasteiger partial charge in [-0.3, -0.25) is 0 Å². The van der Waals surface area contributed by atoms with Crippen LogP contribution in [-0.2, 0) is 6.42 Å². The monoisotopic (exact) mass is 2140 g/mol. The average molecular weight is 2140 g/mol. The van der Waals surface area contributed by atoms with Crippen LogP contribution in [0, 0.1) is 23.7 Å². The highest BCUT2D eigenvalue weighted by Crippen LogP contribution is 2.61. The zero-order valence-electron chi connectivity index (χ0n) is 85.0. The Labute approximate surface area is 913 Å². The van der Waals surface area contributed by atoms with Crippen LogP contribution in [0.2, 0.25) is 0 Å². The van der Waals surface area contributed by atoms with Gasteiger partial charge in [-0.2, -0.15) is 0 Å². The number of anilines is 13. The first-order chi connectivity index (χ1) is 73.1. The highest BCUT2D eigenvalue weighted by molar-refractivity contribution is 9.11. The average Bonchev–Trinajstić information content (AvgIpc) is 0.717. The van der Waals surface area contributed by atoms with E-state index >= 15 is 0 Å². The van der Waals surface area contributed by atoms with Crippen LogP contribution in [0.15, 0.2) is 558 Å². The highest BCUT2D eigenvalue weighted by Gasteiger charge is 2.45. The maximum Gasteiger partial charge on any atom is 0.0462 e. The van der Waals surface area contributed by atoms with Gasteiger partial charge in [-0.05, 0) is 351 Å². The van der Waals surface area contributed by atoms with Crippen molar-refractivity contribution in [3.8, 4) is 66.8 Å². The molecule has 0 saturated heterocycles. The largest absolute Gasteiger partial charge is 0.356 e. The Morgan fingerprint density at radius 2 is 0.420 bits per heavy atom. The topological polar surface area (TPSA) is 33.8 Å². The minimum Gasteiger partial charge on any atom is -0.356 e. The van der Waals surface area contributed by atoms with E-state index in [2.05, 4.69) is 606 Å². The second kappa shape index (κ2) is 49.0. The van der Waals surface area contributed by atoms with E-state index in [1.165, 1.54) is 113 Å². The fourth-order valence-corrected chi connectivity index (χ4v) is 22.9. The molecule has 8 heteroatoms. The van der Waals surface area contributed by atoms with Crippen molar-refractivity contribution in [2.24, 2.45) is 23.7 Å². The lowest BCUT2D eigenvalue weighted by atomic mass is 9.58. The minimum absolute atomic E-state index is 0. The Morgan fingerprint density at radius 1 is 0.220 bits per heavy atom. The van der Waals surface area contributed by atoms with Crippen LogP contribution in [0.4, 0.5) is 73.9 Å². The van der Waals surface area contributed by atoms with Gasteiger partial charge in [0.15, 0.2) is 0 Å². The van der Waals surface area contributed by atoms with Crippen molar-refractivity contribution >= 4 is 122 Å². The molecule has 0 heterocycles. The van der Waals surface area contributed by atoms with Crippen molar-refractivity contribution in [3.05, 3.63) is 592 Å². The van der Waals surface area contributed by atoms with Gasteiger partial charge in [0.2, 0.25) is 0 Å². The fourth-order valence-electron chi connectivity index (χ4n) is 22.0. The van der Waals surface area contributed by atoms with E-state index < -0.39 is 0 Å². The summed E-state index contributed by atoms with van der Waals surface area (Å²) in [5.74, 6) is 4.15. The smallest absolute Gasteiger partial charge is 0.0462 e. The van der Waals surface area contributed by atoms with E-state index in [9.17, 15) is 0 Å². The molecule has 0 fully saturated rings. The van der Waals surface area contributed by atoms with E-state index in [1.807, 2.05) is 42.5 Å². The molecule has 0 spiro atoms. The summed E-state index contributed by atoms with van der Waals surface area (Å²) in [5.41, 5.74) is 41.9. The second-order valence-corrected chi connectivity index (χ2v) is 42.5. The summed E-state index contributed by atoms with van der Waals surface area (Å²) in [6, 6.07) is 186. The Morgan fingerprint density at radius 3 is 0.667 bits per heavy atom. The molecule has 20 aromatic rings. The number of para-hydroxylation sites is 7. The molecule has 150 heavy (non-hydrogen) atoms. The van der Waals surface area contributed by atoms with E-state index in [0.29, 0.717) is 47.3 Å². The van der Waals surface area contributed by atoms with Gasteiger partial charge in [-0.15, -0.1) is 0 Å². The number of allylic oxidation sites excluding steroid dienone is 4. The van der Waals surface area contributed by atoms with Gasteiger partial charge < -0.3 is 25.3 Å². The number of hydrogen-bond acceptors (Lipinski definition) is 5. The van der Waals surface area contributed by atoms with Crippen LogP contribution in [0.5, 0.6) is 0 Å². The number of benzene rings is 20. The number of halogens is 3. The van der Waals surface area contributed by atoms with Crippen LogP contribution in [0.1, 0.15) is 119 Å². The van der Waals surface area contributed by atoms with E-state index in [4.69, 9.17) is 0 Å². The van der Waals surface area contributed by atoms with Gasteiger partial charge in [0.1, 0.15) is 0 Å². The molecule has 0 aromatic heterocycles. The Kier molecular flexibility index (Phi) is 33.6. The zero-order chi connectivity index (χ0) is 102. The first-order valence-corrected chi connectivity index (χ1v) is 54.4. The number of nitrogens with one attached hydrogen (secondary N) is 2. The van der Waals surface area contributed by atoms with Crippen LogP contribution in [0.3, 0.4) is 0 Å². The number of rotatable bonds is 23. The standard InChI is InChI=1S/C70H59N3.C40H38N2.C13H12.C12H8Br2.C6H5Br.CH4/c1-49(2)66-48-67-50(3)47-68(66)70-65(54-35-41-62(42-36-54)72(57-23-13-6-14-24-57)58-25-15-7-16-26-58)46-45-64(69(67)70)53-33-43-63(44-34-53)73(59-27-17-8-18-28-59)61-39-31-52(32-40-61)51-29-37-60(38-30-51)71(55-19-9-4-10-20-55)56-21-11-5-12-22-56;1-26(2)36-25-37-27(3)24-38(36)40-35(29-16-20-33(21-17-29)42-31-12-8-5-9-13-31)23-22-34(39(37)40)28-14-18-32(19-15-28)41-30-10-6-4-7-11-30;1-3-7-12(8-4-1)11-13-9-5-2-6-10-13;13-11-5-1-9(2-6-11)10-3-7-12(14)8-4-10;7-6-4-2-1-3-5-6;/h4-47,49,66-68H,48H2,1-3H3;4-24,26,36-38,41-42H,25H2,1-3H3;1-10H,11H2;1-8H;1-5H;1H4. The first-order valence-electron chi connectivity index (χ1n) is 52.0. The maximum atomic E-state index is 3.54. The summed E-state index contributed by atoms with van der Waals surface area (Å²) in [6.07, 6.45) is 8.66. The minimum atomic E-state index is 0. The third kappa shape index (κ3) is 24.3. The van der Waals surface area contributed by atoms with Crippen LogP contribution < -0.4 is 25.3 Å². The molecular formula is C142H126Br3N5. The van der Waals surface area contributed by atoms with E-state index in [0.717, 1.165) is 93.8 Å². The van der Waals surface area contributed by atoms with Crippen molar-refractivity contribution in [1.29, 1.82) is 0 Å². The highest BCUT2D eigenvalue weighted by atomic mass is 79.9. The summed E-state index contributed by atoms with van der Waals surface area (Å²) >= 11 is 10.2. The van der Waals surface area contributed by atoms with Gasteiger partial charge in [0.05, 0.1) is 0 Å². The van der Waals surface area contributed by atoms with Crippen molar-refractivity contribution in [2.45, 2.75) is 91.9 Å². The van der Waals surface area contributed by atoms with Gasteiger partial charge in [-0.1, -0.05) is 434 Å². The molecule has 6 unspecified atom stereocenters. The molecule has 740 valence electrons. The van der Waals surface area contributed by atoms with Crippen molar-refractivity contribution in [1.82, 2.24) is 0 Å². The lowest BCUT2D eigenvalue weighted by Crippen LogP contribution is -2.32. The molecule has 6 aliphatic carbocycles. The summed E-state index contributed by atoms with van der Waals surface area (Å²) in [4.78, 5) is 7.02. The van der Waals surface area contributed by atoms with E-state index in [-0.39, 0.29) is 7.43 Å². The Balaban J connectivity index is 0.000000151. The quantitative estimate of drug-likeness (QED) is 0.0624. The molecule has 20 aromatic carbocycles. The van der Waals surface area contributed by atoms with Crippen molar-refractivity contribution < 1.29 is 0 Å². The molecule has 0 aliphatic heterocycles. The van der Waals surface area contributed by atoms with E-state index in [1.54, 1.807) is 11.1 Å². The molecule has 0 saturated carbocycles. The lowest BCUT2D eigenvalue weighted by Gasteiger charge is -2.46. The summed E-state index contributed by atoms with van der Waals surface area (Å²) in [7, 11) is 0. The molecule has 6 atom stereocenters. The van der Waals surface area contributed by atoms with Crippen LogP contribution in [-0.4, -0.2) is 0 Å². The van der Waals surface area contributed by atoms with Crippen molar-refractivity contribution in [3.63, 3.8) is 0 Å². The normalized spacial score (nSPS) is 15.1. The van der Waals surface area contributed by atoms with Crippen molar-refractivity contribution in [2.75, 3.05) is 25.3 Å². The zero-order valence-corrected chi connectivity index (χ0v) is 89.8. The summed E-state index contributed by atoms with van der Waals surface area (Å²) < 4.78 is 3.35. The van der Waals surface area contributed by atoms with Crippen LogP contribution >= 0.6 is 47.8 Å². The van der Waals surface area contributed by atoms with Gasteiger partial charge in [0, 0.05) is 111 Å². The third-order valence-corrected chi connectivity index (χ3v) is 31.1.